The number of aromatic nitrogens is 2. The van der Waals surface area contributed by atoms with Gasteiger partial charge in [-0.3, -0.25) is 0 Å². The Labute approximate surface area is 129 Å². The van der Waals surface area contributed by atoms with E-state index in [1.165, 1.54) is 0 Å². The van der Waals surface area contributed by atoms with Crippen molar-refractivity contribution in [3.63, 3.8) is 0 Å². The molecule has 6 heteroatoms. The van der Waals surface area contributed by atoms with E-state index < -0.39 is 5.60 Å². The maximum absolute atomic E-state index is 11.7. The lowest BCUT2D eigenvalue weighted by Gasteiger charge is -2.36. The highest BCUT2D eigenvalue weighted by molar-refractivity contribution is 5.73. The summed E-state index contributed by atoms with van der Waals surface area (Å²) in [5, 5.41) is 19.7. The zero-order valence-electron chi connectivity index (χ0n) is 12.3. The number of para-hydroxylation sites is 1. The number of benzene rings is 1. The van der Waals surface area contributed by atoms with Gasteiger partial charge in [-0.05, 0) is 31.4 Å². The van der Waals surface area contributed by atoms with Crippen molar-refractivity contribution in [2.45, 2.75) is 31.4 Å². The van der Waals surface area contributed by atoms with E-state index in [0.717, 1.165) is 30.5 Å². The second kappa shape index (κ2) is 6.19. The van der Waals surface area contributed by atoms with E-state index in [9.17, 15) is 9.90 Å². The Morgan fingerprint density at radius 1 is 1.27 bits per heavy atom. The molecule has 0 aliphatic heterocycles. The molecule has 0 saturated heterocycles. The second-order valence-corrected chi connectivity index (χ2v) is 5.74. The summed E-state index contributed by atoms with van der Waals surface area (Å²) in [6, 6.07) is 9.52. The van der Waals surface area contributed by atoms with E-state index in [1.807, 2.05) is 36.5 Å². The summed E-state index contributed by atoms with van der Waals surface area (Å²) < 4.78 is 1.77. The zero-order chi connectivity index (χ0) is 15.4. The molecule has 0 bridgehead atoms. The van der Waals surface area contributed by atoms with Crippen LogP contribution in [0, 0.1) is 0 Å². The van der Waals surface area contributed by atoms with E-state index in [-0.39, 0.29) is 6.03 Å². The van der Waals surface area contributed by atoms with Crippen molar-refractivity contribution in [2.75, 3.05) is 6.54 Å². The topological polar surface area (TPSA) is 79.2 Å². The highest BCUT2D eigenvalue weighted by Gasteiger charge is 2.34. The number of nitrogens with one attached hydrogen (secondary N) is 2. The summed E-state index contributed by atoms with van der Waals surface area (Å²) in [7, 11) is 0. The number of aliphatic hydroxyl groups is 1. The molecule has 116 valence electrons. The van der Waals surface area contributed by atoms with Crippen molar-refractivity contribution in [3.05, 3.63) is 48.3 Å². The molecular weight excluding hydrogens is 280 g/mol. The Morgan fingerprint density at radius 2 is 2.05 bits per heavy atom. The standard InChI is InChI=1S/C16H20N4O2/c21-15(18-12-16(22)7-4-8-16)17-9-13-10-19-20(11-13)14-5-2-1-3-6-14/h1-3,5-6,10-11,22H,4,7-9,12H2,(H2,17,18,21). The van der Waals surface area contributed by atoms with Crippen LogP contribution >= 0.6 is 0 Å². The van der Waals surface area contributed by atoms with E-state index in [4.69, 9.17) is 0 Å². The van der Waals surface area contributed by atoms with Gasteiger partial charge < -0.3 is 15.7 Å². The lowest BCUT2D eigenvalue weighted by Crippen LogP contribution is -2.49. The van der Waals surface area contributed by atoms with Gasteiger partial charge in [-0.25, -0.2) is 9.48 Å². The zero-order valence-corrected chi connectivity index (χ0v) is 12.3. The molecule has 1 aromatic carbocycles. The molecule has 2 aromatic rings. The quantitative estimate of drug-likeness (QED) is 0.784. The van der Waals surface area contributed by atoms with Crippen LogP contribution in [0.15, 0.2) is 42.7 Å². The van der Waals surface area contributed by atoms with Crippen LogP contribution in [0.3, 0.4) is 0 Å². The van der Waals surface area contributed by atoms with E-state index in [0.29, 0.717) is 13.1 Å². The smallest absolute Gasteiger partial charge is 0.315 e. The third kappa shape index (κ3) is 3.46. The monoisotopic (exact) mass is 300 g/mol. The van der Waals surface area contributed by atoms with Crippen molar-refractivity contribution in [1.29, 1.82) is 0 Å². The minimum atomic E-state index is -0.699. The summed E-state index contributed by atoms with van der Waals surface area (Å²) in [5.74, 6) is 0. The van der Waals surface area contributed by atoms with Crippen LogP contribution in [-0.4, -0.2) is 33.1 Å². The first kappa shape index (κ1) is 14.6. The first-order chi connectivity index (χ1) is 10.6. The fourth-order valence-electron chi connectivity index (χ4n) is 2.42. The minimum absolute atomic E-state index is 0.271. The average molecular weight is 300 g/mol. The van der Waals surface area contributed by atoms with Crippen molar-refractivity contribution in [2.24, 2.45) is 0 Å². The second-order valence-electron chi connectivity index (χ2n) is 5.74. The number of rotatable bonds is 5. The predicted octanol–water partition coefficient (Wildman–Crippen LogP) is 1.59. The Balaban J connectivity index is 1.47. The van der Waals surface area contributed by atoms with Gasteiger partial charge in [0.2, 0.25) is 0 Å². The molecule has 1 aliphatic rings. The molecule has 0 atom stereocenters. The van der Waals surface area contributed by atoms with Crippen molar-refractivity contribution < 1.29 is 9.90 Å². The Kier molecular flexibility index (Phi) is 4.11. The molecule has 3 N–H and O–H groups in total. The largest absolute Gasteiger partial charge is 0.388 e. The third-order valence-electron chi connectivity index (χ3n) is 3.97. The Hall–Kier alpha value is -2.34. The number of urea groups is 1. The molecular formula is C16H20N4O2. The van der Waals surface area contributed by atoms with Gasteiger partial charge in [-0.15, -0.1) is 0 Å². The van der Waals surface area contributed by atoms with Crippen molar-refractivity contribution in [3.8, 4) is 5.69 Å². The molecule has 1 aromatic heterocycles. The van der Waals surface area contributed by atoms with Gasteiger partial charge in [0, 0.05) is 24.8 Å². The molecule has 1 heterocycles. The molecule has 1 aliphatic carbocycles. The fourth-order valence-corrected chi connectivity index (χ4v) is 2.42. The normalized spacial score (nSPS) is 15.9. The molecule has 0 unspecified atom stereocenters. The molecule has 22 heavy (non-hydrogen) atoms. The SMILES string of the molecule is O=C(NCc1cnn(-c2ccccc2)c1)NCC1(O)CCC1. The third-order valence-corrected chi connectivity index (χ3v) is 3.97. The number of amides is 2. The van der Waals surface area contributed by atoms with Gasteiger partial charge in [0.1, 0.15) is 0 Å². The van der Waals surface area contributed by atoms with Crippen molar-refractivity contribution in [1.82, 2.24) is 20.4 Å². The van der Waals surface area contributed by atoms with E-state index in [2.05, 4.69) is 15.7 Å². The Morgan fingerprint density at radius 3 is 2.73 bits per heavy atom. The van der Waals surface area contributed by atoms with Crippen LogP contribution in [-0.2, 0) is 6.54 Å². The van der Waals surface area contributed by atoms with Gasteiger partial charge in [0.15, 0.2) is 0 Å². The summed E-state index contributed by atoms with van der Waals surface area (Å²) in [6.07, 6.45) is 6.16. The molecule has 6 nitrogen and oxygen atoms in total. The van der Waals surface area contributed by atoms with E-state index >= 15 is 0 Å². The molecule has 1 fully saturated rings. The molecule has 0 spiro atoms. The number of carbonyl (C=O) groups excluding carboxylic acids is 1. The highest BCUT2D eigenvalue weighted by atomic mass is 16.3. The lowest BCUT2D eigenvalue weighted by molar-refractivity contribution is -0.0290. The van der Waals surface area contributed by atoms with Crippen molar-refractivity contribution >= 4 is 6.03 Å². The molecule has 1 saturated carbocycles. The summed E-state index contributed by atoms with van der Waals surface area (Å²) in [5.41, 5.74) is 1.20. The number of hydrogen-bond donors (Lipinski definition) is 3. The van der Waals surface area contributed by atoms with E-state index in [1.54, 1.807) is 10.9 Å². The molecule has 0 radical (unpaired) electrons. The Bertz CT molecular complexity index is 635. The number of hydrogen-bond acceptors (Lipinski definition) is 3. The predicted molar refractivity (Wildman–Crippen MR) is 82.6 cm³/mol. The van der Waals surface area contributed by atoms with Crippen LogP contribution in [0.2, 0.25) is 0 Å². The maximum atomic E-state index is 11.7. The molecule has 2 amide bonds. The van der Waals surface area contributed by atoms with Crippen LogP contribution < -0.4 is 10.6 Å². The highest BCUT2D eigenvalue weighted by Crippen LogP contribution is 2.30. The number of carbonyl (C=O) groups is 1. The fraction of sp³-hybridized carbons (Fsp3) is 0.375. The summed E-state index contributed by atoms with van der Waals surface area (Å²) >= 11 is 0. The summed E-state index contributed by atoms with van der Waals surface area (Å²) in [4.78, 5) is 11.7. The minimum Gasteiger partial charge on any atom is -0.388 e. The van der Waals surface area contributed by atoms with Crippen LogP contribution in [0.4, 0.5) is 4.79 Å². The van der Waals surface area contributed by atoms with Gasteiger partial charge in [-0.1, -0.05) is 18.2 Å². The average Bonchev–Trinajstić information content (AvgIpc) is 2.99. The van der Waals surface area contributed by atoms with Gasteiger partial charge in [-0.2, -0.15) is 5.10 Å². The first-order valence-corrected chi connectivity index (χ1v) is 7.48. The van der Waals surface area contributed by atoms with Gasteiger partial charge in [0.05, 0.1) is 17.5 Å². The van der Waals surface area contributed by atoms with Crippen LogP contribution in [0.5, 0.6) is 0 Å². The van der Waals surface area contributed by atoms with Crippen LogP contribution in [0.25, 0.3) is 5.69 Å². The maximum Gasteiger partial charge on any atom is 0.315 e. The van der Waals surface area contributed by atoms with Crippen LogP contribution in [0.1, 0.15) is 24.8 Å². The van der Waals surface area contributed by atoms with Gasteiger partial charge in [0.25, 0.3) is 0 Å². The lowest BCUT2D eigenvalue weighted by atomic mass is 9.80. The van der Waals surface area contributed by atoms with Gasteiger partial charge >= 0.3 is 6.03 Å². The molecule has 3 rings (SSSR count). The summed E-state index contributed by atoms with van der Waals surface area (Å²) in [6.45, 7) is 0.708. The first-order valence-electron chi connectivity index (χ1n) is 7.48. The number of nitrogens with zero attached hydrogens (tertiary/aromatic N) is 2.